The van der Waals surface area contributed by atoms with E-state index in [9.17, 15) is 18.0 Å². The Labute approximate surface area is 110 Å². The first-order valence-corrected chi connectivity index (χ1v) is 6.02. The zero-order valence-electron chi connectivity index (χ0n) is 10.6. The lowest BCUT2D eigenvalue weighted by Crippen LogP contribution is -2.21. The quantitative estimate of drug-likeness (QED) is 0.867. The Morgan fingerprint density at radius 3 is 2.68 bits per heavy atom. The molecule has 0 saturated carbocycles. The van der Waals surface area contributed by atoms with Crippen molar-refractivity contribution in [3.63, 3.8) is 0 Å². The van der Waals surface area contributed by atoms with Gasteiger partial charge in [-0.3, -0.25) is 4.79 Å². The molecule has 106 valence electrons. The highest BCUT2D eigenvalue weighted by atomic mass is 19.4. The lowest BCUT2D eigenvalue weighted by atomic mass is 10.0. The van der Waals surface area contributed by atoms with Crippen molar-refractivity contribution in [2.75, 3.05) is 11.9 Å². The number of amides is 1. The molecule has 0 radical (unpaired) electrons. The van der Waals surface area contributed by atoms with Gasteiger partial charge in [-0.25, -0.2) is 0 Å². The van der Waals surface area contributed by atoms with Crippen LogP contribution in [0, 0.1) is 5.92 Å². The fraction of sp³-hybridized carbons (Fsp3) is 0.462. The van der Waals surface area contributed by atoms with Crippen LogP contribution in [0.15, 0.2) is 24.3 Å². The molecule has 0 aliphatic carbocycles. The zero-order valence-corrected chi connectivity index (χ0v) is 10.6. The molecule has 1 aromatic carbocycles. The van der Waals surface area contributed by atoms with Crippen molar-refractivity contribution in [3.8, 4) is 0 Å². The molecule has 0 fully saturated rings. The second kappa shape index (κ2) is 6.56. The molecule has 1 unspecified atom stereocenters. The summed E-state index contributed by atoms with van der Waals surface area (Å²) >= 11 is 0. The molecule has 1 atom stereocenters. The van der Waals surface area contributed by atoms with Crippen LogP contribution in [0.1, 0.15) is 25.3 Å². The Kier molecular flexibility index (Phi) is 5.35. The van der Waals surface area contributed by atoms with E-state index in [1.54, 1.807) is 6.92 Å². The number of rotatable bonds is 5. The van der Waals surface area contributed by atoms with Crippen molar-refractivity contribution in [2.24, 2.45) is 11.7 Å². The van der Waals surface area contributed by atoms with Crippen LogP contribution in [0.4, 0.5) is 18.9 Å². The topological polar surface area (TPSA) is 55.1 Å². The van der Waals surface area contributed by atoms with Crippen molar-refractivity contribution >= 4 is 11.6 Å². The highest BCUT2D eigenvalue weighted by Crippen LogP contribution is 2.30. The van der Waals surface area contributed by atoms with Gasteiger partial charge < -0.3 is 11.1 Å². The minimum Gasteiger partial charge on any atom is -0.330 e. The van der Waals surface area contributed by atoms with Gasteiger partial charge in [0.05, 0.1) is 5.56 Å². The number of benzene rings is 1. The van der Waals surface area contributed by atoms with E-state index < -0.39 is 11.7 Å². The van der Waals surface area contributed by atoms with Crippen molar-refractivity contribution in [1.82, 2.24) is 0 Å². The Morgan fingerprint density at radius 1 is 1.42 bits per heavy atom. The summed E-state index contributed by atoms with van der Waals surface area (Å²) in [4.78, 5) is 11.7. The van der Waals surface area contributed by atoms with Crippen molar-refractivity contribution in [2.45, 2.75) is 25.9 Å². The first kappa shape index (κ1) is 15.5. The molecule has 0 aliphatic rings. The molecule has 19 heavy (non-hydrogen) atoms. The van der Waals surface area contributed by atoms with Gasteiger partial charge in [0.2, 0.25) is 5.91 Å². The maximum Gasteiger partial charge on any atom is 0.416 e. The number of nitrogens with one attached hydrogen (secondary N) is 1. The molecule has 0 aromatic heterocycles. The molecular formula is C13H17F3N2O. The zero-order chi connectivity index (χ0) is 14.5. The van der Waals surface area contributed by atoms with Gasteiger partial charge in [0.15, 0.2) is 0 Å². The maximum atomic E-state index is 12.5. The van der Waals surface area contributed by atoms with E-state index in [-0.39, 0.29) is 17.5 Å². The highest BCUT2D eigenvalue weighted by Gasteiger charge is 2.30. The summed E-state index contributed by atoms with van der Waals surface area (Å²) in [6.45, 7) is 2.21. The lowest BCUT2D eigenvalue weighted by Gasteiger charge is -2.13. The monoisotopic (exact) mass is 274 g/mol. The van der Waals surface area contributed by atoms with E-state index in [4.69, 9.17) is 5.73 Å². The van der Waals surface area contributed by atoms with Crippen LogP contribution in [0.25, 0.3) is 0 Å². The highest BCUT2D eigenvalue weighted by molar-refractivity contribution is 5.92. The Morgan fingerprint density at radius 2 is 2.11 bits per heavy atom. The number of alkyl halides is 3. The standard InChI is InChI=1S/C13H17F3N2O/c1-9(4-3-7-17)12(19)18-11-6-2-5-10(8-11)13(14,15)16/h2,5-6,8-9H,3-4,7,17H2,1H3,(H,18,19). The maximum absolute atomic E-state index is 12.5. The van der Waals surface area contributed by atoms with Crippen LogP contribution in [0.2, 0.25) is 0 Å². The van der Waals surface area contributed by atoms with Crippen LogP contribution in [0.5, 0.6) is 0 Å². The summed E-state index contributed by atoms with van der Waals surface area (Å²) < 4.78 is 37.5. The normalized spacial score (nSPS) is 13.1. The molecule has 6 heteroatoms. The molecule has 0 aliphatic heterocycles. The number of halogens is 3. The largest absolute Gasteiger partial charge is 0.416 e. The van der Waals surface area contributed by atoms with Gasteiger partial charge in [-0.2, -0.15) is 13.2 Å². The minimum absolute atomic E-state index is 0.152. The smallest absolute Gasteiger partial charge is 0.330 e. The van der Waals surface area contributed by atoms with Crippen LogP contribution in [0.3, 0.4) is 0 Å². The van der Waals surface area contributed by atoms with Crippen molar-refractivity contribution in [3.05, 3.63) is 29.8 Å². The van der Waals surface area contributed by atoms with Gasteiger partial charge in [-0.15, -0.1) is 0 Å². The van der Waals surface area contributed by atoms with Crippen LogP contribution in [-0.2, 0) is 11.0 Å². The number of anilines is 1. The van der Waals surface area contributed by atoms with Gasteiger partial charge in [-0.05, 0) is 37.6 Å². The fourth-order valence-electron chi connectivity index (χ4n) is 1.59. The molecule has 3 nitrogen and oxygen atoms in total. The number of nitrogens with two attached hydrogens (primary N) is 1. The molecule has 1 rings (SSSR count). The van der Waals surface area contributed by atoms with Gasteiger partial charge in [0, 0.05) is 11.6 Å². The predicted molar refractivity (Wildman–Crippen MR) is 67.5 cm³/mol. The molecule has 1 aromatic rings. The first-order valence-electron chi connectivity index (χ1n) is 6.02. The molecular weight excluding hydrogens is 257 g/mol. The molecule has 3 N–H and O–H groups in total. The average molecular weight is 274 g/mol. The average Bonchev–Trinajstić information content (AvgIpc) is 2.35. The van der Waals surface area contributed by atoms with E-state index in [1.165, 1.54) is 12.1 Å². The Hall–Kier alpha value is -1.56. The number of carbonyl (C=O) groups excluding carboxylic acids is 1. The third kappa shape index (κ3) is 4.90. The van der Waals surface area contributed by atoms with Crippen LogP contribution >= 0.6 is 0 Å². The summed E-state index contributed by atoms with van der Waals surface area (Å²) in [5, 5.41) is 2.48. The summed E-state index contributed by atoms with van der Waals surface area (Å²) in [5.41, 5.74) is 4.71. The predicted octanol–water partition coefficient (Wildman–Crippen LogP) is 3.02. The van der Waals surface area contributed by atoms with E-state index >= 15 is 0 Å². The van der Waals surface area contributed by atoms with E-state index in [1.807, 2.05) is 0 Å². The Balaban J connectivity index is 2.69. The number of carbonyl (C=O) groups is 1. The van der Waals surface area contributed by atoms with Gasteiger partial charge in [0.25, 0.3) is 0 Å². The molecule has 0 saturated heterocycles. The number of hydrogen-bond acceptors (Lipinski definition) is 2. The molecule has 0 heterocycles. The molecule has 0 spiro atoms. The van der Waals surface area contributed by atoms with Gasteiger partial charge in [0.1, 0.15) is 0 Å². The second-order valence-corrected chi connectivity index (χ2v) is 4.40. The summed E-state index contributed by atoms with van der Waals surface area (Å²) in [7, 11) is 0. The van der Waals surface area contributed by atoms with Crippen LogP contribution < -0.4 is 11.1 Å². The summed E-state index contributed by atoms with van der Waals surface area (Å²) in [6, 6.07) is 4.59. The van der Waals surface area contributed by atoms with E-state index in [0.29, 0.717) is 19.4 Å². The third-order valence-electron chi connectivity index (χ3n) is 2.75. The van der Waals surface area contributed by atoms with Crippen molar-refractivity contribution in [1.29, 1.82) is 0 Å². The summed E-state index contributed by atoms with van der Waals surface area (Å²) in [5.74, 6) is -0.578. The third-order valence-corrected chi connectivity index (χ3v) is 2.75. The Bertz CT molecular complexity index is 432. The minimum atomic E-state index is -4.41. The van der Waals surface area contributed by atoms with E-state index in [2.05, 4.69) is 5.32 Å². The summed E-state index contributed by atoms with van der Waals surface area (Å²) in [6.07, 6.45) is -3.09. The van der Waals surface area contributed by atoms with Gasteiger partial charge in [-0.1, -0.05) is 13.0 Å². The SMILES string of the molecule is CC(CCCN)C(=O)Nc1cccc(C(F)(F)F)c1. The second-order valence-electron chi connectivity index (χ2n) is 4.40. The molecule has 1 amide bonds. The lowest BCUT2D eigenvalue weighted by molar-refractivity contribution is -0.137. The first-order chi connectivity index (χ1) is 8.84. The molecule has 0 bridgehead atoms. The van der Waals surface area contributed by atoms with Gasteiger partial charge >= 0.3 is 6.18 Å². The van der Waals surface area contributed by atoms with Crippen molar-refractivity contribution < 1.29 is 18.0 Å². The van der Waals surface area contributed by atoms with Crippen LogP contribution in [-0.4, -0.2) is 12.5 Å². The van der Waals surface area contributed by atoms with E-state index in [0.717, 1.165) is 12.1 Å². The fourth-order valence-corrected chi connectivity index (χ4v) is 1.59. The number of hydrogen-bond donors (Lipinski definition) is 2.